The lowest BCUT2D eigenvalue weighted by Crippen LogP contribution is -2.25. The van der Waals surface area contributed by atoms with E-state index in [1.807, 2.05) is 74.8 Å². The molecule has 1 aromatic heterocycles. The van der Waals surface area contributed by atoms with Gasteiger partial charge in [0, 0.05) is 18.8 Å². The molecule has 2 aromatic carbocycles. The minimum absolute atomic E-state index is 0.00807. The molecule has 0 aliphatic heterocycles. The zero-order valence-corrected chi connectivity index (χ0v) is 13.3. The van der Waals surface area contributed by atoms with Crippen molar-refractivity contribution in [3.05, 3.63) is 77.5 Å². The highest BCUT2D eigenvalue weighted by Gasteiger charge is 2.12. The first kappa shape index (κ1) is 15.0. The van der Waals surface area contributed by atoms with E-state index < -0.39 is 0 Å². The molecule has 1 N–H and O–H groups in total. The third-order valence-electron chi connectivity index (χ3n) is 3.99. The molecule has 0 fully saturated rings. The number of hydrogen-bond donors (Lipinski definition) is 1. The second-order valence-corrected chi connectivity index (χ2v) is 5.68. The van der Waals surface area contributed by atoms with Crippen LogP contribution in [0.1, 0.15) is 15.9 Å². The largest absolute Gasteiger partial charge is 0.314 e. The van der Waals surface area contributed by atoms with E-state index in [0.29, 0.717) is 11.2 Å². The van der Waals surface area contributed by atoms with Gasteiger partial charge in [-0.2, -0.15) is 0 Å². The Hall–Kier alpha value is -2.88. The second-order valence-electron chi connectivity index (χ2n) is 5.68. The molecule has 4 heteroatoms. The van der Waals surface area contributed by atoms with Crippen LogP contribution in [0.25, 0.3) is 11.3 Å². The minimum Gasteiger partial charge on any atom is -0.314 e. The summed E-state index contributed by atoms with van der Waals surface area (Å²) in [4.78, 5) is 12.4. The van der Waals surface area contributed by atoms with Crippen molar-refractivity contribution in [2.75, 3.05) is 0 Å². The van der Waals surface area contributed by atoms with Gasteiger partial charge in [0.05, 0.1) is 12.2 Å². The van der Waals surface area contributed by atoms with Gasteiger partial charge in [-0.3, -0.25) is 10.2 Å². The van der Waals surface area contributed by atoms with Gasteiger partial charge in [-0.15, -0.1) is 0 Å². The minimum atomic E-state index is 0.00807. The smallest absolute Gasteiger partial charge is 0.202 e. The van der Waals surface area contributed by atoms with Crippen LogP contribution in [-0.2, 0) is 13.6 Å². The number of nitrogens with one attached hydrogen (secondary N) is 1. The second kappa shape index (κ2) is 6.08. The summed E-state index contributed by atoms with van der Waals surface area (Å²) in [7, 11) is 1.84. The first-order valence-corrected chi connectivity index (χ1v) is 7.52. The average Bonchev–Trinajstić information content (AvgIpc) is 2.85. The molecule has 0 atom stereocenters. The molecule has 0 aliphatic carbocycles. The van der Waals surface area contributed by atoms with E-state index in [9.17, 15) is 4.79 Å². The number of carbonyl (C=O) groups is 1. The van der Waals surface area contributed by atoms with Crippen LogP contribution in [0.4, 0.5) is 0 Å². The van der Waals surface area contributed by atoms with Crippen molar-refractivity contribution < 1.29 is 4.79 Å². The molecule has 4 nitrogen and oxygen atoms in total. The van der Waals surface area contributed by atoms with Crippen LogP contribution in [0.5, 0.6) is 0 Å². The highest BCUT2D eigenvalue weighted by Crippen LogP contribution is 2.17. The third kappa shape index (κ3) is 3.01. The van der Waals surface area contributed by atoms with E-state index in [2.05, 4.69) is 0 Å². The summed E-state index contributed by atoms with van der Waals surface area (Å²) in [6.07, 6.45) is 1.86. The van der Waals surface area contributed by atoms with Crippen LogP contribution < -0.4 is 5.62 Å². The van der Waals surface area contributed by atoms with Crippen molar-refractivity contribution in [3.8, 4) is 11.3 Å². The standard InChI is InChI=1S/C19H19N3O/c1-14-8-10-16(11-9-14)18(23)13-22-12-17(21(2)19(22)20)15-6-4-3-5-7-15/h3-12,20H,13H2,1-2H3. The van der Waals surface area contributed by atoms with Crippen LogP contribution >= 0.6 is 0 Å². The SMILES string of the molecule is Cc1ccc(C(=O)Cn2cc(-c3ccccc3)n(C)c2=N)cc1. The van der Waals surface area contributed by atoms with Gasteiger partial charge in [0.1, 0.15) is 0 Å². The number of imidazole rings is 1. The molecule has 0 unspecified atom stereocenters. The van der Waals surface area contributed by atoms with Gasteiger partial charge >= 0.3 is 0 Å². The molecule has 0 radical (unpaired) electrons. The predicted molar refractivity (Wildman–Crippen MR) is 90.2 cm³/mol. The summed E-state index contributed by atoms with van der Waals surface area (Å²) in [5, 5.41) is 8.23. The molecule has 0 saturated heterocycles. The maximum atomic E-state index is 12.4. The lowest BCUT2D eigenvalue weighted by atomic mass is 10.1. The Kier molecular flexibility index (Phi) is 3.98. The molecule has 3 rings (SSSR count). The van der Waals surface area contributed by atoms with Crippen LogP contribution in [0.3, 0.4) is 0 Å². The Morgan fingerprint density at radius 3 is 2.35 bits per heavy atom. The van der Waals surface area contributed by atoms with E-state index in [0.717, 1.165) is 16.8 Å². The van der Waals surface area contributed by atoms with Gasteiger partial charge in [0.25, 0.3) is 0 Å². The van der Waals surface area contributed by atoms with Gasteiger partial charge < -0.3 is 9.13 Å². The quantitative estimate of drug-likeness (QED) is 0.740. The first-order chi connectivity index (χ1) is 11.1. The van der Waals surface area contributed by atoms with Gasteiger partial charge in [0.15, 0.2) is 5.78 Å². The summed E-state index contributed by atoms with van der Waals surface area (Å²) < 4.78 is 3.47. The first-order valence-electron chi connectivity index (χ1n) is 7.52. The maximum Gasteiger partial charge on any atom is 0.202 e. The van der Waals surface area contributed by atoms with Gasteiger partial charge in [-0.05, 0) is 12.5 Å². The maximum absolute atomic E-state index is 12.4. The molecule has 0 amide bonds. The lowest BCUT2D eigenvalue weighted by Gasteiger charge is -2.03. The number of nitrogens with zero attached hydrogens (tertiary/aromatic N) is 2. The van der Waals surface area contributed by atoms with E-state index in [4.69, 9.17) is 5.41 Å². The number of ketones is 1. The van der Waals surface area contributed by atoms with Crippen molar-refractivity contribution >= 4 is 5.78 Å². The highest BCUT2D eigenvalue weighted by atomic mass is 16.1. The zero-order valence-electron chi connectivity index (χ0n) is 13.3. The molecular weight excluding hydrogens is 286 g/mol. The normalized spacial score (nSPS) is 10.7. The summed E-state index contributed by atoms with van der Waals surface area (Å²) in [6, 6.07) is 17.4. The monoisotopic (exact) mass is 305 g/mol. The molecule has 1 heterocycles. The fourth-order valence-corrected chi connectivity index (χ4v) is 2.59. The Bertz CT molecular complexity index is 887. The molecule has 0 saturated carbocycles. The van der Waals surface area contributed by atoms with Crippen molar-refractivity contribution in [2.45, 2.75) is 13.5 Å². The van der Waals surface area contributed by atoms with Gasteiger partial charge in [0.2, 0.25) is 5.62 Å². The summed E-state index contributed by atoms with van der Waals surface area (Å²) in [5.41, 5.74) is 4.07. The highest BCUT2D eigenvalue weighted by molar-refractivity contribution is 5.95. The fourth-order valence-electron chi connectivity index (χ4n) is 2.59. The lowest BCUT2D eigenvalue weighted by molar-refractivity contribution is 0.0970. The average molecular weight is 305 g/mol. The zero-order chi connectivity index (χ0) is 16.4. The topological polar surface area (TPSA) is 50.8 Å². The molecular formula is C19H19N3O. The van der Waals surface area contributed by atoms with E-state index in [-0.39, 0.29) is 12.3 Å². The Balaban J connectivity index is 1.91. The Morgan fingerprint density at radius 1 is 1.04 bits per heavy atom. The van der Waals surface area contributed by atoms with Crippen molar-refractivity contribution in [1.82, 2.24) is 9.13 Å². The van der Waals surface area contributed by atoms with Crippen molar-refractivity contribution in [3.63, 3.8) is 0 Å². The fraction of sp³-hybridized carbons (Fsp3) is 0.158. The summed E-state index contributed by atoms with van der Waals surface area (Å²) >= 11 is 0. The van der Waals surface area contributed by atoms with Crippen LogP contribution in [0.15, 0.2) is 60.8 Å². The van der Waals surface area contributed by atoms with Crippen molar-refractivity contribution in [1.29, 1.82) is 5.41 Å². The number of aryl methyl sites for hydroxylation is 1. The number of carbonyl (C=O) groups excluding carboxylic acids is 1. The molecule has 3 aromatic rings. The number of hydrogen-bond acceptors (Lipinski definition) is 2. The molecule has 0 aliphatic rings. The Labute approximate surface area is 135 Å². The number of rotatable bonds is 4. The van der Waals surface area contributed by atoms with E-state index in [1.165, 1.54) is 0 Å². The Morgan fingerprint density at radius 2 is 1.70 bits per heavy atom. The van der Waals surface area contributed by atoms with Gasteiger partial charge in [-0.25, -0.2) is 0 Å². The van der Waals surface area contributed by atoms with E-state index in [1.54, 1.807) is 9.13 Å². The summed E-state index contributed by atoms with van der Waals surface area (Å²) in [5.74, 6) is 0.00807. The number of benzene rings is 2. The molecule has 116 valence electrons. The van der Waals surface area contributed by atoms with Crippen molar-refractivity contribution in [2.24, 2.45) is 7.05 Å². The predicted octanol–water partition coefficient (Wildman–Crippen LogP) is 3.16. The molecule has 0 spiro atoms. The number of aromatic nitrogens is 2. The number of Topliss-reactive ketones (excluding diaryl/α,β-unsaturated/α-hetero) is 1. The third-order valence-corrected chi connectivity index (χ3v) is 3.99. The molecule has 0 bridgehead atoms. The molecule has 23 heavy (non-hydrogen) atoms. The van der Waals surface area contributed by atoms with E-state index >= 15 is 0 Å². The van der Waals surface area contributed by atoms with Crippen LogP contribution in [-0.4, -0.2) is 14.9 Å². The van der Waals surface area contributed by atoms with Crippen LogP contribution in [0, 0.1) is 12.3 Å². The summed E-state index contributed by atoms with van der Waals surface area (Å²) in [6.45, 7) is 2.16. The van der Waals surface area contributed by atoms with Crippen LogP contribution in [0.2, 0.25) is 0 Å². The van der Waals surface area contributed by atoms with Gasteiger partial charge in [-0.1, -0.05) is 60.2 Å².